The maximum atomic E-state index is 13.1. The number of sulfonamides is 1. The van der Waals surface area contributed by atoms with Crippen LogP contribution < -0.4 is 19.5 Å². The highest BCUT2D eigenvalue weighted by Gasteiger charge is 2.45. The number of carbonyl (C=O) groups excluding carboxylic acids is 1. The van der Waals surface area contributed by atoms with Gasteiger partial charge in [0.05, 0.1) is 24.8 Å². The van der Waals surface area contributed by atoms with Gasteiger partial charge in [-0.1, -0.05) is 0 Å². The van der Waals surface area contributed by atoms with Crippen molar-refractivity contribution in [1.82, 2.24) is 4.90 Å². The van der Waals surface area contributed by atoms with E-state index in [2.05, 4.69) is 0 Å². The molecule has 2 aliphatic rings. The number of nitrogens with two attached hydrogens (primary N) is 1. The molecule has 2 aromatic carbocycles. The summed E-state index contributed by atoms with van der Waals surface area (Å²) in [6, 6.07) is 9.16. The van der Waals surface area contributed by atoms with Crippen molar-refractivity contribution in [3.05, 3.63) is 47.5 Å². The molecule has 0 aliphatic carbocycles. The van der Waals surface area contributed by atoms with Gasteiger partial charge in [-0.25, -0.2) is 13.6 Å². The molecule has 0 radical (unpaired) electrons. The van der Waals surface area contributed by atoms with E-state index in [4.69, 9.17) is 26.8 Å². The average Bonchev–Trinajstić information content (AvgIpc) is 2.94. The van der Waals surface area contributed by atoms with Crippen molar-refractivity contribution < 1.29 is 22.7 Å². The van der Waals surface area contributed by atoms with E-state index in [1.807, 2.05) is 17.0 Å². The van der Waals surface area contributed by atoms with Gasteiger partial charge in [-0.3, -0.25) is 9.69 Å². The van der Waals surface area contributed by atoms with Crippen molar-refractivity contribution in [1.29, 1.82) is 0 Å². The summed E-state index contributed by atoms with van der Waals surface area (Å²) in [5.41, 5.74) is 2.52. The largest absolute Gasteiger partial charge is 0.493 e. The Kier molecular flexibility index (Phi) is 4.72. The number of methoxy groups -OCH3 is 2. The lowest BCUT2D eigenvalue weighted by molar-refractivity contribution is -0.120. The standard InChI is InChI=1S/C19H19N3O5S2/c1-26-16-8-11-7-15-18(23)22(13-3-5-14(6-4-13)29(20,24)25)19(28)21(15)10-12(11)9-17(16)27-2/h3-6,8-9,15H,7,10H2,1-2H3,(H2,20,24,25)/t15-/m0/s1. The van der Waals surface area contributed by atoms with E-state index in [1.54, 1.807) is 14.2 Å². The molecule has 0 bridgehead atoms. The fourth-order valence-electron chi connectivity index (χ4n) is 3.73. The van der Waals surface area contributed by atoms with Crippen molar-refractivity contribution in [2.45, 2.75) is 23.9 Å². The maximum absolute atomic E-state index is 13.1. The number of anilines is 1. The maximum Gasteiger partial charge on any atom is 0.256 e. The summed E-state index contributed by atoms with van der Waals surface area (Å²) in [5, 5.41) is 5.52. The van der Waals surface area contributed by atoms with Crippen LogP contribution in [0, 0.1) is 0 Å². The Morgan fingerprint density at radius 2 is 1.66 bits per heavy atom. The summed E-state index contributed by atoms with van der Waals surface area (Å²) >= 11 is 5.57. The number of hydrogen-bond acceptors (Lipinski definition) is 6. The fraction of sp³-hybridized carbons (Fsp3) is 0.263. The van der Waals surface area contributed by atoms with Gasteiger partial charge in [-0.05, 0) is 59.7 Å². The molecule has 0 saturated carbocycles. The number of nitrogens with zero attached hydrogens (tertiary/aromatic N) is 2. The molecule has 1 fully saturated rings. The van der Waals surface area contributed by atoms with Crippen molar-refractivity contribution in [2.75, 3.05) is 19.1 Å². The number of primary sulfonamides is 1. The lowest BCUT2D eigenvalue weighted by Gasteiger charge is -2.31. The fourth-order valence-corrected chi connectivity index (χ4v) is 4.63. The molecule has 2 aromatic rings. The van der Waals surface area contributed by atoms with Gasteiger partial charge in [0.2, 0.25) is 10.0 Å². The summed E-state index contributed by atoms with van der Waals surface area (Å²) in [5.74, 6) is 1.08. The van der Waals surface area contributed by atoms with Crippen LogP contribution in [0.5, 0.6) is 11.5 Å². The second kappa shape index (κ2) is 6.97. The zero-order chi connectivity index (χ0) is 20.9. The third kappa shape index (κ3) is 3.22. The molecule has 8 nitrogen and oxygen atoms in total. The Balaban J connectivity index is 1.67. The number of thiocarbonyl (C=S) groups is 1. The van der Waals surface area contributed by atoms with Crippen molar-refractivity contribution in [2.24, 2.45) is 5.14 Å². The highest BCUT2D eigenvalue weighted by Crippen LogP contribution is 2.38. The number of rotatable bonds is 4. The Bertz CT molecular complexity index is 1060. The van der Waals surface area contributed by atoms with Crippen LogP contribution in [0.3, 0.4) is 0 Å². The first kappa shape index (κ1) is 19.6. The molecular formula is C19H19N3O5S2. The third-order valence-corrected chi connectivity index (χ3v) is 6.55. The highest BCUT2D eigenvalue weighted by molar-refractivity contribution is 7.89. The monoisotopic (exact) mass is 433 g/mol. The van der Waals surface area contributed by atoms with Crippen LogP contribution in [0.1, 0.15) is 11.1 Å². The van der Waals surface area contributed by atoms with E-state index in [0.29, 0.717) is 35.3 Å². The Hall–Kier alpha value is -2.69. The van der Waals surface area contributed by atoms with Gasteiger partial charge in [0.15, 0.2) is 16.6 Å². The number of fused-ring (bicyclic) bond motifs is 2. The average molecular weight is 434 g/mol. The molecule has 2 N–H and O–H groups in total. The topological polar surface area (TPSA) is 102 Å². The first-order valence-corrected chi connectivity index (χ1v) is 10.7. The van der Waals surface area contributed by atoms with Crippen molar-refractivity contribution in [3.63, 3.8) is 0 Å². The van der Waals surface area contributed by atoms with E-state index in [0.717, 1.165) is 11.1 Å². The van der Waals surface area contributed by atoms with E-state index >= 15 is 0 Å². The first-order chi connectivity index (χ1) is 13.7. The molecule has 0 unspecified atom stereocenters. The second-order valence-corrected chi connectivity index (χ2v) is 8.75. The first-order valence-electron chi connectivity index (χ1n) is 8.76. The molecule has 152 valence electrons. The molecule has 29 heavy (non-hydrogen) atoms. The molecule has 4 rings (SSSR count). The summed E-state index contributed by atoms with van der Waals surface area (Å²) in [7, 11) is -0.663. The Morgan fingerprint density at radius 3 is 2.21 bits per heavy atom. The second-order valence-electron chi connectivity index (χ2n) is 6.82. The predicted molar refractivity (Wildman–Crippen MR) is 110 cm³/mol. The highest BCUT2D eigenvalue weighted by atomic mass is 32.2. The third-order valence-electron chi connectivity index (χ3n) is 5.20. The van der Waals surface area contributed by atoms with Crippen molar-refractivity contribution >= 4 is 38.9 Å². The number of ether oxygens (including phenoxy) is 2. The Morgan fingerprint density at radius 1 is 1.07 bits per heavy atom. The van der Waals surface area contributed by atoms with E-state index in [9.17, 15) is 13.2 Å². The molecule has 0 aromatic heterocycles. The predicted octanol–water partition coefficient (Wildman–Crippen LogP) is 1.41. The summed E-state index contributed by atoms with van der Waals surface area (Å²) in [6.07, 6.45) is 0.487. The number of benzene rings is 2. The molecule has 1 amide bonds. The van der Waals surface area contributed by atoms with Crippen LogP contribution in [-0.2, 0) is 27.8 Å². The van der Waals surface area contributed by atoms with Crippen molar-refractivity contribution in [3.8, 4) is 11.5 Å². The summed E-state index contributed by atoms with van der Waals surface area (Å²) in [4.78, 5) is 16.4. The van der Waals surface area contributed by atoms with Gasteiger partial charge in [0.25, 0.3) is 5.91 Å². The van der Waals surface area contributed by atoms with Crippen LogP contribution in [0.4, 0.5) is 5.69 Å². The molecule has 2 heterocycles. The molecule has 1 atom stereocenters. The number of amides is 1. The van der Waals surface area contributed by atoms with Crippen LogP contribution in [-0.4, -0.2) is 44.6 Å². The quantitative estimate of drug-likeness (QED) is 0.728. The summed E-state index contributed by atoms with van der Waals surface area (Å²) in [6.45, 7) is 0.469. The van der Waals surface area contributed by atoms with Gasteiger partial charge in [0.1, 0.15) is 6.04 Å². The zero-order valence-corrected chi connectivity index (χ0v) is 17.4. The lowest BCUT2D eigenvalue weighted by Crippen LogP contribution is -2.40. The number of carbonyl (C=O) groups is 1. The van der Waals surface area contributed by atoms with E-state index < -0.39 is 16.1 Å². The lowest BCUT2D eigenvalue weighted by atomic mass is 9.94. The normalized spacial score (nSPS) is 18.5. The van der Waals surface area contributed by atoms with Gasteiger partial charge >= 0.3 is 0 Å². The molecule has 0 spiro atoms. The number of hydrogen-bond donors (Lipinski definition) is 1. The Labute approximate surface area is 173 Å². The van der Waals surface area contributed by atoms with Gasteiger partial charge in [-0.2, -0.15) is 0 Å². The van der Waals surface area contributed by atoms with Gasteiger partial charge in [-0.15, -0.1) is 0 Å². The van der Waals surface area contributed by atoms with Crippen LogP contribution in [0.15, 0.2) is 41.3 Å². The van der Waals surface area contributed by atoms with Crippen LogP contribution >= 0.6 is 12.2 Å². The molecule has 2 aliphatic heterocycles. The zero-order valence-electron chi connectivity index (χ0n) is 15.8. The SMILES string of the molecule is COc1cc2c(cc1OC)CN1C(=S)N(c3ccc(S(N)(=O)=O)cc3)C(=O)[C@@H]1C2. The van der Waals surface area contributed by atoms with E-state index in [-0.39, 0.29) is 10.8 Å². The van der Waals surface area contributed by atoms with Gasteiger partial charge < -0.3 is 14.4 Å². The summed E-state index contributed by atoms with van der Waals surface area (Å²) < 4.78 is 33.7. The molecule has 1 saturated heterocycles. The minimum absolute atomic E-state index is 0.0249. The smallest absolute Gasteiger partial charge is 0.256 e. The van der Waals surface area contributed by atoms with Crippen LogP contribution in [0.25, 0.3) is 0 Å². The molecular weight excluding hydrogens is 414 g/mol. The van der Waals surface area contributed by atoms with Gasteiger partial charge in [0, 0.05) is 13.0 Å². The minimum Gasteiger partial charge on any atom is -0.493 e. The van der Waals surface area contributed by atoms with E-state index in [1.165, 1.54) is 29.2 Å². The van der Waals surface area contributed by atoms with Crippen LogP contribution in [0.2, 0.25) is 0 Å². The minimum atomic E-state index is -3.81. The molecule has 10 heteroatoms.